The molecule has 0 unspecified atom stereocenters. The first-order valence-electron chi connectivity index (χ1n) is 3.92. The third kappa shape index (κ3) is 1.77. The molecular formula is C9H6FIN2O. The number of halogens is 2. The summed E-state index contributed by atoms with van der Waals surface area (Å²) in [5, 5.41) is 3.61. The summed E-state index contributed by atoms with van der Waals surface area (Å²) in [6.07, 6.45) is 0. The van der Waals surface area contributed by atoms with Gasteiger partial charge in [-0.3, -0.25) is 0 Å². The van der Waals surface area contributed by atoms with Crippen LogP contribution < -0.4 is 0 Å². The summed E-state index contributed by atoms with van der Waals surface area (Å²) in [6.45, 7) is 1.69. The van der Waals surface area contributed by atoms with E-state index in [-0.39, 0.29) is 11.7 Å². The van der Waals surface area contributed by atoms with E-state index in [1.54, 1.807) is 19.1 Å². The van der Waals surface area contributed by atoms with Gasteiger partial charge in [0.25, 0.3) is 5.89 Å². The lowest BCUT2D eigenvalue weighted by Gasteiger charge is -1.97. The second kappa shape index (κ2) is 3.64. The largest absolute Gasteiger partial charge is 0.334 e. The first-order chi connectivity index (χ1) is 6.66. The van der Waals surface area contributed by atoms with Crippen LogP contribution in [0.5, 0.6) is 0 Å². The third-order valence-corrected chi connectivity index (χ3v) is 2.36. The van der Waals surface area contributed by atoms with Gasteiger partial charge < -0.3 is 4.52 Å². The van der Waals surface area contributed by atoms with Crippen molar-refractivity contribution < 1.29 is 8.91 Å². The number of aryl methyl sites for hydroxylation is 1. The van der Waals surface area contributed by atoms with Gasteiger partial charge >= 0.3 is 0 Å². The first kappa shape index (κ1) is 9.57. The normalized spacial score (nSPS) is 10.5. The van der Waals surface area contributed by atoms with E-state index in [0.29, 0.717) is 11.4 Å². The number of nitrogens with zero attached hydrogens (tertiary/aromatic N) is 2. The van der Waals surface area contributed by atoms with Crippen LogP contribution in [0.25, 0.3) is 11.5 Å². The molecule has 0 aliphatic carbocycles. The molecule has 3 nitrogen and oxygen atoms in total. The SMILES string of the molecule is Cc1noc(-c2cc(I)ccc2F)n1. The number of aromatic nitrogens is 2. The summed E-state index contributed by atoms with van der Waals surface area (Å²) < 4.78 is 19.1. The minimum absolute atomic E-state index is 0.221. The molecule has 0 radical (unpaired) electrons. The van der Waals surface area contributed by atoms with Gasteiger partial charge in [0, 0.05) is 3.57 Å². The van der Waals surface area contributed by atoms with Crippen LogP contribution in [0.4, 0.5) is 4.39 Å². The predicted octanol–water partition coefficient (Wildman–Crippen LogP) is 2.79. The van der Waals surface area contributed by atoms with Crippen molar-refractivity contribution >= 4 is 22.6 Å². The van der Waals surface area contributed by atoms with Gasteiger partial charge in [0.15, 0.2) is 5.82 Å². The molecule has 0 atom stereocenters. The van der Waals surface area contributed by atoms with Gasteiger partial charge in [0.2, 0.25) is 0 Å². The predicted molar refractivity (Wildman–Crippen MR) is 57.1 cm³/mol. The molecule has 14 heavy (non-hydrogen) atoms. The fourth-order valence-electron chi connectivity index (χ4n) is 1.07. The Hall–Kier alpha value is -0.980. The topological polar surface area (TPSA) is 38.9 Å². The molecule has 0 bridgehead atoms. The van der Waals surface area contributed by atoms with Crippen molar-refractivity contribution in [3.63, 3.8) is 0 Å². The lowest BCUT2D eigenvalue weighted by atomic mass is 10.2. The van der Waals surface area contributed by atoms with Crippen LogP contribution in [-0.4, -0.2) is 10.1 Å². The quantitative estimate of drug-likeness (QED) is 0.761. The highest BCUT2D eigenvalue weighted by atomic mass is 127. The summed E-state index contributed by atoms with van der Waals surface area (Å²) in [7, 11) is 0. The molecule has 0 fully saturated rings. The Morgan fingerprint density at radius 2 is 2.21 bits per heavy atom. The average Bonchev–Trinajstić information content (AvgIpc) is 2.56. The Morgan fingerprint density at radius 3 is 2.86 bits per heavy atom. The maximum Gasteiger partial charge on any atom is 0.260 e. The van der Waals surface area contributed by atoms with Crippen molar-refractivity contribution in [2.75, 3.05) is 0 Å². The molecule has 0 amide bonds. The molecular weight excluding hydrogens is 298 g/mol. The van der Waals surface area contributed by atoms with E-state index >= 15 is 0 Å². The van der Waals surface area contributed by atoms with Gasteiger partial charge in [-0.2, -0.15) is 4.98 Å². The molecule has 0 N–H and O–H groups in total. The standard InChI is InChI=1S/C9H6FIN2O/c1-5-12-9(14-13-5)7-4-6(11)2-3-8(7)10/h2-4H,1H3. The zero-order valence-electron chi connectivity index (χ0n) is 7.29. The molecule has 5 heteroatoms. The molecule has 0 aliphatic heterocycles. The Morgan fingerprint density at radius 1 is 1.43 bits per heavy atom. The zero-order chi connectivity index (χ0) is 10.1. The molecule has 0 saturated heterocycles. The summed E-state index contributed by atoms with van der Waals surface area (Å²) in [5.41, 5.74) is 0.345. The van der Waals surface area contributed by atoms with Crippen LogP contribution in [-0.2, 0) is 0 Å². The van der Waals surface area contributed by atoms with Crippen LogP contribution in [0.15, 0.2) is 22.7 Å². The Kier molecular flexibility index (Phi) is 2.49. The average molecular weight is 304 g/mol. The summed E-state index contributed by atoms with van der Waals surface area (Å²) >= 11 is 2.10. The Bertz CT molecular complexity index is 470. The second-order valence-electron chi connectivity index (χ2n) is 2.77. The summed E-state index contributed by atoms with van der Waals surface area (Å²) in [5.74, 6) is 0.367. The number of hydrogen-bond donors (Lipinski definition) is 0. The van der Waals surface area contributed by atoms with Crippen molar-refractivity contribution in [3.8, 4) is 11.5 Å². The van der Waals surface area contributed by atoms with Crippen LogP contribution in [0.2, 0.25) is 0 Å². The van der Waals surface area contributed by atoms with Crippen LogP contribution >= 0.6 is 22.6 Å². The smallest absolute Gasteiger partial charge is 0.260 e. The monoisotopic (exact) mass is 304 g/mol. The van der Waals surface area contributed by atoms with E-state index in [0.717, 1.165) is 3.57 Å². The fraction of sp³-hybridized carbons (Fsp3) is 0.111. The van der Waals surface area contributed by atoms with Gasteiger partial charge in [0.1, 0.15) is 5.82 Å². The Labute approximate surface area is 93.5 Å². The molecule has 0 spiro atoms. The minimum Gasteiger partial charge on any atom is -0.334 e. The molecule has 1 heterocycles. The number of hydrogen-bond acceptors (Lipinski definition) is 3. The molecule has 0 saturated carbocycles. The highest BCUT2D eigenvalue weighted by Crippen LogP contribution is 2.22. The summed E-state index contributed by atoms with van der Waals surface area (Å²) in [4.78, 5) is 3.96. The van der Waals surface area contributed by atoms with E-state index < -0.39 is 0 Å². The number of rotatable bonds is 1. The maximum atomic E-state index is 13.3. The van der Waals surface area contributed by atoms with Crippen molar-refractivity contribution in [2.24, 2.45) is 0 Å². The van der Waals surface area contributed by atoms with Gasteiger partial charge in [-0.1, -0.05) is 5.16 Å². The molecule has 1 aromatic carbocycles. The molecule has 72 valence electrons. The lowest BCUT2D eigenvalue weighted by Crippen LogP contribution is -1.85. The highest BCUT2D eigenvalue weighted by Gasteiger charge is 2.11. The third-order valence-electron chi connectivity index (χ3n) is 1.69. The first-order valence-corrected chi connectivity index (χ1v) is 5.00. The molecule has 2 rings (SSSR count). The Balaban J connectivity index is 2.55. The number of benzene rings is 1. The van der Waals surface area contributed by atoms with E-state index in [1.165, 1.54) is 6.07 Å². The van der Waals surface area contributed by atoms with Gasteiger partial charge in [-0.15, -0.1) is 0 Å². The summed E-state index contributed by atoms with van der Waals surface area (Å²) in [6, 6.07) is 4.74. The van der Waals surface area contributed by atoms with Crippen LogP contribution in [0.1, 0.15) is 5.82 Å². The molecule has 0 aliphatic rings. The van der Waals surface area contributed by atoms with Crippen LogP contribution in [0, 0.1) is 16.3 Å². The maximum absolute atomic E-state index is 13.3. The molecule has 1 aromatic heterocycles. The van der Waals surface area contributed by atoms with Gasteiger partial charge in [0.05, 0.1) is 5.56 Å². The van der Waals surface area contributed by atoms with Crippen molar-refractivity contribution in [1.29, 1.82) is 0 Å². The fourth-order valence-corrected chi connectivity index (χ4v) is 1.56. The van der Waals surface area contributed by atoms with Crippen molar-refractivity contribution in [1.82, 2.24) is 10.1 Å². The van der Waals surface area contributed by atoms with Gasteiger partial charge in [-0.05, 0) is 47.7 Å². The minimum atomic E-state index is -0.353. The lowest BCUT2D eigenvalue weighted by molar-refractivity contribution is 0.423. The van der Waals surface area contributed by atoms with E-state index in [1.807, 2.05) is 0 Å². The highest BCUT2D eigenvalue weighted by molar-refractivity contribution is 14.1. The van der Waals surface area contributed by atoms with Crippen molar-refractivity contribution in [3.05, 3.63) is 33.4 Å². The van der Waals surface area contributed by atoms with E-state index in [2.05, 4.69) is 32.7 Å². The van der Waals surface area contributed by atoms with E-state index in [4.69, 9.17) is 4.52 Å². The molecule has 2 aromatic rings. The van der Waals surface area contributed by atoms with Crippen molar-refractivity contribution in [2.45, 2.75) is 6.92 Å². The van der Waals surface area contributed by atoms with E-state index in [9.17, 15) is 4.39 Å². The van der Waals surface area contributed by atoms with Gasteiger partial charge in [-0.25, -0.2) is 4.39 Å². The zero-order valence-corrected chi connectivity index (χ0v) is 9.45. The second-order valence-corrected chi connectivity index (χ2v) is 4.02. The van der Waals surface area contributed by atoms with Crippen LogP contribution in [0.3, 0.4) is 0 Å².